The van der Waals surface area contributed by atoms with Crippen LogP contribution in [0.5, 0.6) is 0 Å². The van der Waals surface area contributed by atoms with Crippen LogP contribution in [0.25, 0.3) is 0 Å². The van der Waals surface area contributed by atoms with Crippen molar-refractivity contribution in [3.8, 4) is 0 Å². The van der Waals surface area contributed by atoms with Gasteiger partial charge in [-0.25, -0.2) is 0 Å². The summed E-state index contributed by atoms with van der Waals surface area (Å²) in [6, 6.07) is 0. The Kier molecular flexibility index (Phi) is 4.70. The summed E-state index contributed by atoms with van der Waals surface area (Å²) in [5, 5.41) is 9.74. The van der Waals surface area contributed by atoms with Gasteiger partial charge in [0.05, 0.1) is 0 Å². The van der Waals surface area contributed by atoms with Crippen LogP contribution in [-0.2, 0) is 0 Å². The highest BCUT2D eigenvalue weighted by atomic mass is 16.3. The third-order valence-corrected chi connectivity index (χ3v) is 2.82. The van der Waals surface area contributed by atoms with Crippen molar-refractivity contribution in [1.82, 2.24) is 9.80 Å². The molecule has 3 nitrogen and oxygen atoms in total. The maximum Gasteiger partial charge on any atom is 0.107 e. The molecule has 0 aromatic carbocycles. The number of aliphatic hydroxyl groups excluding tert-OH is 1. The first kappa shape index (κ1) is 11.0. The normalized spacial score (nSPS) is 23.3. The molecule has 0 bridgehead atoms. The van der Waals surface area contributed by atoms with E-state index < -0.39 is 0 Å². The van der Waals surface area contributed by atoms with Gasteiger partial charge in [0, 0.05) is 26.2 Å². The minimum Gasteiger partial charge on any atom is -0.378 e. The van der Waals surface area contributed by atoms with E-state index in [0.717, 1.165) is 45.6 Å². The molecule has 1 saturated heterocycles. The van der Waals surface area contributed by atoms with Crippen LogP contribution in [0.4, 0.5) is 0 Å². The standard InChI is InChI=1S/C10H22N2O/c1-3-5-10(13)12-8-6-11(4-2)7-9-12/h10,13H,3-9H2,1-2H3. The molecule has 1 N–H and O–H groups in total. The van der Waals surface area contributed by atoms with Gasteiger partial charge in [-0.05, 0) is 13.0 Å². The van der Waals surface area contributed by atoms with Crippen molar-refractivity contribution in [2.75, 3.05) is 32.7 Å². The smallest absolute Gasteiger partial charge is 0.107 e. The van der Waals surface area contributed by atoms with Crippen molar-refractivity contribution < 1.29 is 5.11 Å². The van der Waals surface area contributed by atoms with Crippen LogP contribution in [-0.4, -0.2) is 53.9 Å². The predicted octanol–water partition coefficient (Wildman–Crippen LogP) is 0.742. The summed E-state index contributed by atoms with van der Waals surface area (Å²) >= 11 is 0. The lowest BCUT2D eigenvalue weighted by atomic mass is 10.2. The molecule has 0 radical (unpaired) electrons. The molecular weight excluding hydrogens is 164 g/mol. The van der Waals surface area contributed by atoms with Gasteiger partial charge in [-0.2, -0.15) is 0 Å². The zero-order chi connectivity index (χ0) is 9.68. The van der Waals surface area contributed by atoms with E-state index in [4.69, 9.17) is 0 Å². The lowest BCUT2D eigenvalue weighted by Gasteiger charge is -2.36. The second-order valence-corrected chi connectivity index (χ2v) is 3.74. The summed E-state index contributed by atoms with van der Waals surface area (Å²) in [5.41, 5.74) is 0. The molecule has 0 spiro atoms. The van der Waals surface area contributed by atoms with Gasteiger partial charge in [-0.1, -0.05) is 20.3 Å². The Labute approximate surface area is 81.3 Å². The SMILES string of the molecule is CCCC(O)N1CCN(CC)CC1. The summed E-state index contributed by atoms with van der Waals surface area (Å²) in [5.74, 6) is 0. The first-order valence-corrected chi connectivity index (χ1v) is 5.42. The maximum atomic E-state index is 9.74. The maximum absolute atomic E-state index is 9.74. The van der Waals surface area contributed by atoms with E-state index in [1.165, 1.54) is 0 Å². The highest BCUT2D eigenvalue weighted by molar-refractivity contribution is 4.72. The van der Waals surface area contributed by atoms with Gasteiger partial charge in [0.25, 0.3) is 0 Å². The van der Waals surface area contributed by atoms with Gasteiger partial charge < -0.3 is 10.0 Å². The molecule has 1 fully saturated rings. The number of likely N-dealkylation sites (N-methyl/N-ethyl adjacent to an activating group) is 1. The average Bonchev–Trinajstić information content (AvgIpc) is 2.18. The largest absolute Gasteiger partial charge is 0.378 e. The Balaban J connectivity index is 2.23. The third kappa shape index (κ3) is 3.25. The van der Waals surface area contributed by atoms with Crippen molar-refractivity contribution in [2.24, 2.45) is 0 Å². The third-order valence-electron chi connectivity index (χ3n) is 2.82. The first-order valence-electron chi connectivity index (χ1n) is 5.42. The number of piperazine rings is 1. The van der Waals surface area contributed by atoms with Crippen LogP contribution in [0.3, 0.4) is 0 Å². The molecule has 0 aromatic heterocycles. The fourth-order valence-electron chi connectivity index (χ4n) is 1.82. The molecule has 78 valence electrons. The Morgan fingerprint density at radius 3 is 2.23 bits per heavy atom. The van der Waals surface area contributed by atoms with Crippen LogP contribution in [0.2, 0.25) is 0 Å². The quantitative estimate of drug-likeness (QED) is 0.701. The molecule has 1 heterocycles. The Morgan fingerprint density at radius 2 is 1.77 bits per heavy atom. The van der Waals surface area contributed by atoms with Gasteiger partial charge in [0.15, 0.2) is 0 Å². The summed E-state index contributed by atoms with van der Waals surface area (Å²) in [4.78, 5) is 4.62. The van der Waals surface area contributed by atoms with Crippen molar-refractivity contribution in [3.63, 3.8) is 0 Å². The number of hydrogen-bond acceptors (Lipinski definition) is 3. The Hall–Kier alpha value is -0.120. The van der Waals surface area contributed by atoms with E-state index >= 15 is 0 Å². The van der Waals surface area contributed by atoms with Crippen LogP contribution < -0.4 is 0 Å². The van der Waals surface area contributed by atoms with Crippen molar-refractivity contribution >= 4 is 0 Å². The van der Waals surface area contributed by atoms with Gasteiger partial charge in [0.2, 0.25) is 0 Å². The highest BCUT2D eigenvalue weighted by Crippen LogP contribution is 2.08. The van der Waals surface area contributed by atoms with E-state index in [1.54, 1.807) is 0 Å². The molecule has 0 aromatic rings. The Bertz CT molecular complexity index is 133. The van der Waals surface area contributed by atoms with Gasteiger partial charge >= 0.3 is 0 Å². The molecule has 0 saturated carbocycles. The second kappa shape index (κ2) is 5.58. The molecule has 1 aliphatic heterocycles. The molecule has 0 aliphatic carbocycles. The van der Waals surface area contributed by atoms with Crippen molar-refractivity contribution in [1.29, 1.82) is 0 Å². The lowest BCUT2D eigenvalue weighted by molar-refractivity contribution is -0.0292. The number of hydrogen-bond donors (Lipinski definition) is 1. The summed E-state index contributed by atoms with van der Waals surface area (Å²) in [6.07, 6.45) is 1.77. The van der Waals surface area contributed by atoms with E-state index in [1.807, 2.05) is 0 Å². The second-order valence-electron chi connectivity index (χ2n) is 3.74. The van der Waals surface area contributed by atoms with Crippen molar-refractivity contribution in [2.45, 2.75) is 32.9 Å². The molecule has 3 heteroatoms. The zero-order valence-corrected chi connectivity index (χ0v) is 8.87. The topological polar surface area (TPSA) is 26.7 Å². The van der Waals surface area contributed by atoms with Crippen LogP contribution >= 0.6 is 0 Å². The molecule has 0 amide bonds. The fourth-order valence-corrected chi connectivity index (χ4v) is 1.82. The van der Waals surface area contributed by atoms with Gasteiger partial charge in [-0.15, -0.1) is 0 Å². The van der Waals surface area contributed by atoms with E-state index in [0.29, 0.717) is 0 Å². The Morgan fingerprint density at radius 1 is 1.15 bits per heavy atom. The summed E-state index contributed by atoms with van der Waals surface area (Å²) in [6.45, 7) is 9.71. The highest BCUT2D eigenvalue weighted by Gasteiger charge is 2.20. The minimum absolute atomic E-state index is 0.205. The fraction of sp³-hybridized carbons (Fsp3) is 1.00. The van der Waals surface area contributed by atoms with Crippen molar-refractivity contribution in [3.05, 3.63) is 0 Å². The van der Waals surface area contributed by atoms with E-state index in [-0.39, 0.29) is 6.23 Å². The number of rotatable bonds is 4. The predicted molar refractivity (Wildman–Crippen MR) is 54.6 cm³/mol. The monoisotopic (exact) mass is 186 g/mol. The van der Waals surface area contributed by atoms with Gasteiger partial charge in [0.1, 0.15) is 6.23 Å². The molecular formula is C10H22N2O. The minimum atomic E-state index is -0.205. The lowest BCUT2D eigenvalue weighted by Crippen LogP contribution is -2.50. The molecule has 1 rings (SSSR count). The van der Waals surface area contributed by atoms with Crippen LogP contribution in [0, 0.1) is 0 Å². The van der Waals surface area contributed by atoms with Crippen LogP contribution in [0.1, 0.15) is 26.7 Å². The van der Waals surface area contributed by atoms with Crippen LogP contribution in [0.15, 0.2) is 0 Å². The summed E-state index contributed by atoms with van der Waals surface area (Å²) in [7, 11) is 0. The molecule has 1 atom stereocenters. The first-order chi connectivity index (χ1) is 6.27. The van der Waals surface area contributed by atoms with Gasteiger partial charge in [-0.3, -0.25) is 4.90 Å². The molecule has 1 aliphatic rings. The van der Waals surface area contributed by atoms with E-state index in [9.17, 15) is 5.11 Å². The average molecular weight is 186 g/mol. The zero-order valence-electron chi connectivity index (χ0n) is 8.87. The molecule has 1 unspecified atom stereocenters. The summed E-state index contributed by atoms with van der Waals surface area (Å²) < 4.78 is 0. The number of nitrogens with zero attached hydrogens (tertiary/aromatic N) is 2. The van der Waals surface area contributed by atoms with E-state index in [2.05, 4.69) is 23.6 Å². The number of aliphatic hydroxyl groups is 1. The molecule has 13 heavy (non-hydrogen) atoms.